The minimum absolute atomic E-state index is 0.283. The van der Waals surface area contributed by atoms with Gasteiger partial charge in [0.05, 0.1) is 32.0 Å². The summed E-state index contributed by atoms with van der Waals surface area (Å²) in [6, 6.07) is 3.31. The van der Waals surface area contributed by atoms with Gasteiger partial charge in [-0.05, 0) is 71.1 Å². The number of rotatable bonds is 10. The van der Waals surface area contributed by atoms with Crippen molar-refractivity contribution in [2.45, 2.75) is 66.2 Å². The molecule has 1 aromatic heterocycles. The van der Waals surface area contributed by atoms with E-state index in [1.807, 2.05) is 20.8 Å². The van der Waals surface area contributed by atoms with Gasteiger partial charge in [-0.1, -0.05) is 12.8 Å². The van der Waals surface area contributed by atoms with Gasteiger partial charge in [-0.15, -0.1) is 11.3 Å². The first-order valence-electron chi connectivity index (χ1n) is 12.2. The maximum absolute atomic E-state index is 13.4. The average molecular weight is 490 g/mol. The molecule has 2 aromatic rings. The van der Waals surface area contributed by atoms with Crippen LogP contribution in [0.4, 0.5) is 5.00 Å². The fraction of sp³-hybridized carbons (Fsp3) is 0.538. The molecule has 0 radical (unpaired) electrons. The molecule has 0 bridgehead atoms. The van der Waals surface area contributed by atoms with E-state index in [1.54, 1.807) is 19.1 Å². The first-order valence-corrected chi connectivity index (χ1v) is 13.0. The predicted molar refractivity (Wildman–Crippen MR) is 134 cm³/mol. The Labute approximate surface area is 205 Å². The molecule has 0 saturated heterocycles. The van der Waals surface area contributed by atoms with Crippen LogP contribution in [0, 0.1) is 0 Å². The van der Waals surface area contributed by atoms with Gasteiger partial charge in [0, 0.05) is 10.4 Å². The zero-order valence-corrected chi connectivity index (χ0v) is 21.4. The molecule has 186 valence electrons. The SMILES string of the molecule is CCOC(=O)c1c(NC(=O)c2cc(OCC)c(OCC)c(OCC)c2)sc2c1CCCCCC2. The molecule has 0 fully saturated rings. The molecule has 0 aliphatic heterocycles. The Morgan fingerprint density at radius 2 is 1.47 bits per heavy atom. The van der Waals surface area contributed by atoms with E-state index in [4.69, 9.17) is 18.9 Å². The molecule has 1 aliphatic rings. The molecule has 0 saturated carbocycles. The molecule has 1 N–H and O–H groups in total. The fourth-order valence-corrected chi connectivity index (χ4v) is 5.39. The summed E-state index contributed by atoms with van der Waals surface area (Å²) in [6.07, 6.45) is 6.16. The lowest BCUT2D eigenvalue weighted by Gasteiger charge is -2.17. The highest BCUT2D eigenvalue weighted by molar-refractivity contribution is 7.17. The number of fused-ring (bicyclic) bond motifs is 1. The summed E-state index contributed by atoms with van der Waals surface area (Å²) in [7, 11) is 0. The highest BCUT2D eigenvalue weighted by Gasteiger charge is 2.27. The molecule has 34 heavy (non-hydrogen) atoms. The summed E-state index contributed by atoms with van der Waals surface area (Å²) < 4.78 is 22.6. The average Bonchev–Trinajstić information content (AvgIpc) is 3.12. The van der Waals surface area contributed by atoms with Crippen LogP contribution in [0.15, 0.2) is 12.1 Å². The quantitative estimate of drug-likeness (QED) is 0.410. The second-order valence-electron chi connectivity index (χ2n) is 7.90. The minimum atomic E-state index is -0.382. The molecule has 8 heteroatoms. The van der Waals surface area contributed by atoms with Crippen LogP contribution in [-0.2, 0) is 17.6 Å². The first-order chi connectivity index (χ1) is 16.5. The summed E-state index contributed by atoms with van der Waals surface area (Å²) in [6.45, 7) is 8.97. The Morgan fingerprint density at radius 1 is 0.853 bits per heavy atom. The number of carbonyl (C=O) groups is 2. The molecule has 1 aromatic carbocycles. The highest BCUT2D eigenvalue weighted by Crippen LogP contribution is 2.41. The maximum atomic E-state index is 13.4. The number of hydrogen-bond donors (Lipinski definition) is 1. The van der Waals surface area contributed by atoms with Crippen LogP contribution < -0.4 is 19.5 Å². The number of amides is 1. The van der Waals surface area contributed by atoms with Crippen LogP contribution >= 0.6 is 11.3 Å². The van der Waals surface area contributed by atoms with Crippen molar-refractivity contribution < 1.29 is 28.5 Å². The van der Waals surface area contributed by atoms with Crippen LogP contribution in [0.25, 0.3) is 0 Å². The van der Waals surface area contributed by atoms with E-state index >= 15 is 0 Å². The predicted octanol–water partition coefficient (Wildman–Crippen LogP) is 6.03. The zero-order chi connectivity index (χ0) is 24.5. The number of ether oxygens (including phenoxy) is 4. The van der Waals surface area contributed by atoms with Crippen molar-refractivity contribution in [3.8, 4) is 17.2 Å². The molecule has 0 spiro atoms. The van der Waals surface area contributed by atoms with Crippen LogP contribution in [-0.4, -0.2) is 38.3 Å². The number of nitrogens with one attached hydrogen (secondary N) is 1. The maximum Gasteiger partial charge on any atom is 0.341 e. The van der Waals surface area contributed by atoms with E-state index in [0.717, 1.165) is 42.5 Å². The van der Waals surface area contributed by atoms with Gasteiger partial charge in [0.1, 0.15) is 5.00 Å². The first kappa shape index (κ1) is 25.9. The molecule has 0 atom stereocenters. The Hall–Kier alpha value is -2.74. The lowest BCUT2D eigenvalue weighted by molar-refractivity contribution is 0.0526. The summed E-state index contributed by atoms with van der Waals surface area (Å²) in [5, 5.41) is 3.52. The van der Waals surface area contributed by atoms with Gasteiger partial charge in [-0.25, -0.2) is 4.79 Å². The number of esters is 1. The summed E-state index contributed by atoms with van der Waals surface area (Å²) in [5.41, 5.74) is 1.89. The largest absolute Gasteiger partial charge is 0.490 e. The summed E-state index contributed by atoms with van der Waals surface area (Å²) >= 11 is 1.48. The second kappa shape index (κ2) is 12.6. The number of anilines is 1. The standard InChI is InChI=1S/C26H35NO6S/c1-5-30-19-15-17(16-20(31-6-2)23(19)32-7-3)24(28)27-25-22(26(29)33-8-4)18-13-11-9-10-12-14-21(18)34-25/h15-16H,5-14H2,1-4H3,(H,27,28). The van der Waals surface area contributed by atoms with Crippen LogP contribution in [0.1, 0.15) is 84.5 Å². The Kier molecular flexibility index (Phi) is 9.62. The molecule has 3 rings (SSSR count). The minimum Gasteiger partial charge on any atom is -0.490 e. The van der Waals surface area contributed by atoms with Gasteiger partial charge in [-0.3, -0.25) is 4.79 Å². The van der Waals surface area contributed by atoms with E-state index in [2.05, 4.69) is 5.32 Å². The molecule has 1 heterocycles. The van der Waals surface area contributed by atoms with Crippen molar-refractivity contribution in [3.05, 3.63) is 33.7 Å². The Balaban J connectivity index is 2.00. The lowest BCUT2D eigenvalue weighted by atomic mass is 9.96. The monoisotopic (exact) mass is 489 g/mol. The Morgan fingerprint density at radius 3 is 2.06 bits per heavy atom. The molecule has 1 aliphatic carbocycles. The van der Waals surface area contributed by atoms with Crippen molar-refractivity contribution in [2.24, 2.45) is 0 Å². The van der Waals surface area contributed by atoms with E-state index in [-0.39, 0.29) is 18.5 Å². The van der Waals surface area contributed by atoms with Gasteiger partial charge in [0.25, 0.3) is 5.91 Å². The van der Waals surface area contributed by atoms with Gasteiger partial charge in [-0.2, -0.15) is 0 Å². The van der Waals surface area contributed by atoms with Crippen molar-refractivity contribution >= 4 is 28.2 Å². The third kappa shape index (κ3) is 6.03. The molecule has 1 amide bonds. The van der Waals surface area contributed by atoms with Crippen molar-refractivity contribution in [1.82, 2.24) is 0 Å². The van der Waals surface area contributed by atoms with Gasteiger partial charge >= 0.3 is 5.97 Å². The third-order valence-electron chi connectivity index (χ3n) is 5.55. The van der Waals surface area contributed by atoms with Gasteiger partial charge in [0.15, 0.2) is 11.5 Å². The third-order valence-corrected chi connectivity index (χ3v) is 6.76. The lowest BCUT2D eigenvalue weighted by Crippen LogP contribution is -2.16. The highest BCUT2D eigenvalue weighted by atomic mass is 32.1. The normalized spacial score (nSPS) is 13.3. The number of hydrogen-bond acceptors (Lipinski definition) is 7. The zero-order valence-electron chi connectivity index (χ0n) is 20.6. The number of thiophene rings is 1. The van der Waals surface area contributed by atoms with Crippen molar-refractivity contribution in [2.75, 3.05) is 31.7 Å². The number of carbonyl (C=O) groups excluding carboxylic acids is 2. The topological polar surface area (TPSA) is 83.1 Å². The summed E-state index contributed by atoms with van der Waals surface area (Å²) in [4.78, 5) is 27.4. The van der Waals surface area contributed by atoms with Crippen molar-refractivity contribution in [3.63, 3.8) is 0 Å². The van der Waals surface area contributed by atoms with Crippen molar-refractivity contribution in [1.29, 1.82) is 0 Å². The smallest absolute Gasteiger partial charge is 0.341 e. The van der Waals surface area contributed by atoms with E-state index in [1.165, 1.54) is 17.8 Å². The van der Waals surface area contributed by atoms with Crippen LogP contribution in [0.5, 0.6) is 17.2 Å². The van der Waals surface area contributed by atoms with E-state index in [9.17, 15) is 9.59 Å². The van der Waals surface area contributed by atoms with Gasteiger partial charge < -0.3 is 24.3 Å². The number of benzene rings is 1. The van der Waals surface area contributed by atoms with E-state index < -0.39 is 0 Å². The molecular weight excluding hydrogens is 454 g/mol. The van der Waals surface area contributed by atoms with Crippen LogP contribution in [0.3, 0.4) is 0 Å². The summed E-state index contributed by atoms with van der Waals surface area (Å²) in [5.74, 6) is 0.653. The van der Waals surface area contributed by atoms with Gasteiger partial charge in [0.2, 0.25) is 5.75 Å². The Bertz CT molecular complexity index is 972. The molecule has 0 unspecified atom stereocenters. The second-order valence-corrected chi connectivity index (χ2v) is 9.00. The van der Waals surface area contributed by atoms with E-state index in [0.29, 0.717) is 53.2 Å². The number of aryl methyl sites for hydroxylation is 1. The fourth-order valence-electron chi connectivity index (χ4n) is 4.12. The van der Waals surface area contributed by atoms with Crippen LogP contribution in [0.2, 0.25) is 0 Å². The molecular formula is C26H35NO6S. The molecule has 7 nitrogen and oxygen atoms in total.